The van der Waals surface area contributed by atoms with Crippen LogP contribution in [0, 0.1) is 18.3 Å². The molecule has 0 N–H and O–H groups in total. The number of carbonyl (C=O) groups excluding carboxylic acids is 1. The molecule has 1 aromatic heterocycles. The largest absolute Gasteiger partial charge is 0.336 e. The molecule has 21 heavy (non-hydrogen) atoms. The van der Waals surface area contributed by atoms with Gasteiger partial charge in [0, 0.05) is 39.4 Å². The first kappa shape index (κ1) is 15.5. The predicted molar refractivity (Wildman–Crippen MR) is 79.7 cm³/mol. The van der Waals surface area contributed by atoms with Crippen molar-refractivity contribution in [2.24, 2.45) is 7.05 Å². The third-order valence-corrected chi connectivity index (χ3v) is 4.00. The van der Waals surface area contributed by atoms with Gasteiger partial charge in [-0.2, -0.15) is 10.4 Å². The first-order valence-electron chi connectivity index (χ1n) is 7.50. The summed E-state index contributed by atoms with van der Waals surface area (Å²) in [6, 6.07) is 2.35. The van der Waals surface area contributed by atoms with E-state index in [2.05, 4.69) is 23.0 Å². The molecular formula is C15H23N5O. The summed E-state index contributed by atoms with van der Waals surface area (Å²) in [6.45, 7) is 6.84. The third-order valence-electron chi connectivity index (χ3n) is 4.00. The molecule has 1 unspecified atom stereocenters. The van der Waals surface area contributed by atoms with Crippen molar-refractivity contribution in [2.45, 2.75) is 32.7 Å². The molecule has 2 rings (SSSR count). The lowest BCUT2D eigenvalue weighted by Crippen LogP contribution is -2.51. The first-order chi connectivity index (χ1) is 10.1. The van der Waals surface area contributed by atoms with E-state index in [9.17, 15) is 10.1 Å². The van der Waals surface area contributed by atoms with Gasteiger partial charge in [0.25, 0.3) is 5.91 Å². The second-order valence-corrected chi connectivity index (χ2v) is 5.56. The van der Waals surface area contributed by atoms with Gasteiger partial charge < -0.3 is 4.90 Å². The summed E-state index contributed by atoms with van der Waals surface area (Å²) in [4.78, 5) is 16.5. The van der Waals surface area contributed by atoms with Crippen molar-refractivity contribution in [3.8, 4) is 6.07 Å². The van der Waals surface area contributed by atoms with Crippen molar-refractivity contribution in [3.05, 3.63) is 17.5 Å². The van der Waals surface area contributed by atoms with Crippen LogP contribution in [0.3, 0.4) is 0 Å². The molecule has 114 valence electrons. The van der Waals surface area contributed by atoms with Crippen molar-refractivity contribution in [2.75, 3.05) is 26.2 Å². The molecular weight excluding hydrogens is 266 g/mol. The monoisotopic (exact) mass is 289 g/mol. The van der Waals surface area contributed by atoms with E-state index in [-0.39, 0.29) is 11.9 Å². The fourth-order valence-corrected chi connectivity index (χ4v) is 2.82. The van der Waals surface area contributed by atoms with E-state index < -0.39 is 0 Å². The molecule has 0 spiro atoms. The maximum Gasteiger partial charge on any atom is 0.257 e. The van der Waals surface area contributed by atoms with Crippen molar-refractivity contribution in [3.63, 3.8) is 0 Å². The van der Waals surface area contributed by atoms with E-state index in [4.69, 9.17) is 0 Å². The molecule has 1 atom stereocenters. The van der Waals surface area contributed by atoms with Gasteiger partial charge in [0.05, 0.1) is 23.4 Å². The van der Waals surface area contributed by atoms with Gasteiger partial charge in [-0.3, -0.25) is 14.4 Å². The van der Waals surface area contributed by atoms with E-state index in [1.54, 1.807) is 10.9 Å². The average molecular weight is 289 g/mol. The highest BCUT2D eigenvalue weighted by Crippen LogP contribution is 2.14. The van der Waals surface area contributed by atoms with Crippen LogP contribution in [0.25, 0.3) is 0 Å². The lowest BCUT2D eigenvalue weighted by atomic mass is 10.1. The Bertz CT molecular complexity index is 537. The minimum Gasteiger partial charge on any atom is -0.336 e. The Morgan fingerprint density at radius 2 is 2.10 bits per heavy atom. The highest BCUT2D eigenvalue weighted by molar-refractivity contribution is 5.95. The van der Waals surface area contributed by atoms with Crippen LogP contribution in [0.2, 0.25) is 0 Å². The first-order valence-corrected chi connectivity index (χ1v) is 7.50. The molecule has 0 radical (unpaired) electrons. The summed E-state index contributed by atoms with van der Waals surface area (Å²) in [5.41, 5.74) is 1.45. The molecule has 1 aromatic rings. The summed E-state index contributed by atoms with van der Waals surface area (Å²) in [5.74, 6) is 0.0456. The third kappa shape index (κ3) is 3.42. The van der Waals surface area contributed by atoms with Gasteiger partial charge in [-0.15, -0.1) is 0 Å². The summed E-state index contributed by atoms with van der Waals surface area (Å²) in [5, 5.41) is 13.4. The number of aryl methyl sites for hydroxylation is 2. The number of rotatable bonds is 4. The fourth-order valence-electron chi connectivity index (χ4n) is 2.82. The smallest absolute Gasteiger partial charge is 0.257 e. The molecule has 1 aliphatic heterocycles. The van der Waals surface area contributed by atoms with Gasteiger partial charge in [-0.1, -0.05) is 13.3 Å². The Balaban J connectivity index is 1.96. The van der Waals surface area contributed by atoms with Crippen LogP contribution in [0.1, 0.15) is 35.8 Å². The van der Waals surface area contributed by atoms with Crippen LogP contribution in [0.15, 0.2) is 6.20 Å². The molecule has 1 amide bonds. The maximum absolute atomic E-state index is 12.5. The topological polar surface area (TPSA) is 65.2 Å². The number of piperazine rings is 1. The van der Waals surface area contributed by atoms with Crippen LogP contribution in [0.4, 0.5) is 0 Å². The summed E-state index contributed by atoms with van der Waals surface area (Å²) in [7, 11) is 1.82. The zero-order chi connectivity index (χ0) is 15.4. The molecule has 0 aromatic carbocycles. The minimum absolute atomic E-state index is 0.0209. The fraction of sp³-hybridized carbons (Fsp3) is 0.667. The molecule has 1 aliphatic rings. The van der Waals surface area contributed by atoms with Gasteiger partial charge >= 0.3 is 0 Å². The molecule has 0 aliphatic carbocycles. The molecule has 0 saturated carbocycles. The summed E-state index contributed by atoms with van der Waals surface area (Å²) in [6.07, 6.45) is 3.68. The van der Waals surface area contributed by atoms with Crippen LogP contribution in [0.5, 0.6) is 0 Å². The normalized spacial score (nSPS) is 17.5. The van der Waals surface area contributed by atoms with Gasteiger partial charge in [-0.25, -0.2) is 0 Å². The second-order valence-electron chi connectivity index (χ2n) is 5.56. The molecule has 1 fully saturated rings. The number of hydrogen-bond donors (Lipinski definition) is 0. The molecule has 0 bridgehead atoms. The highest BCUT2D eigenvalue weighted by Gasteiger charge is 2.27. The Hall–Kier alpha value is -1.87. The predicted octanol–water partition coefficient (Wildman–Crippen LogP) is 1.18. The van der Waals surface area contributed by atoms with Crippen molar-refractivity contribution >= 4 is 5.91 Å². The second kappa shape index (κ2) is 6.72. The van der Waals surface area contributed by atoms with Crippen molar-refractivity contribution < 1.29 is 4.79 Å². The van der Waals surface area contributed by atoms with Crippen LogP contribution >= 0.6 is 0 Å². The van der Waals surface area contributed by atoms with Crippen LogP contribution in [-0.2, 0) is 7.05 Å². The maximum atomic E-state index is 12.5. The lowest BCUT2D eigenvalue weighted by molar-refractivity contribution is 0.0600. The average Bonchev–Trinajstić information content (AvgIpc) is 2.83. The Morgan fingerprint density at radius 3 is 2.57 bits per heavy atom. The van der Waals surface area contributed by atoms with E-state index >= 15 is 0 Å². The number of nitrogens with zero attached hydrogens (tertiary/aromatic N) is 5. The van der Waals surface area contributed by atoms with Crippen molar-refractivity contribution in [1.82, 2.24) is 19.6 Å². The van der Waals surface area contributed by atoms with E-state index in [1.165, 1.54) is 0 Å². The number of carbonyl (C=O) groups is 1. The number of nitriles is 1. The molecule has 6 nitrogen and oxygen atoms in total. The van der Waals surface area contributed by atoms with E-state index in [0.29, 0.717) is 18.7 Å². The number of hydrogen-bond acceptors (Lipinski definition) is 4. The summed E-state index contributed by atoms with van der Waals surface area (Å²) < 4.78 is 1.67. The minimum atomic E-state index is -0.0209. The Morgan fingerprint density at radius 1 is 1.43 bits per heavy atom. The summed E-state index contributed by atoms with van der Waals surface area (Å²) >= 11 is 0. The van der Waals surface area contributed by atoms with Crippen LogP contribution in [-0.4, -0.2) is 57.7 Å². The van der Waals surface area contributed by atoms with Crippen molar-refractivity contribution in [1.29, 1.82) is 5.26 Å². The van der Waals surface area contributed by atoms with Crippen LogP contribution < -0.4 is 0 Å². The van der Waals surface area contributed by atoms with E-state index in [0.717, 1.165) is 31.6 Å². The zero-order valence-electron chi connectivity index (χ0n) is 13.0. The van der Waals surface area contributed by atoms with Gasteiger partial charge in [-0.05, 0) is 13.3 Å². The molecule has 6 heteroatoms. The van der Waals surface area contributed by atoms with E-state index in [1.807, 2.05) is 18.9 Å². The Kier molecular flexibility index (Phi) is 4.97. The zero-order valence-corrected chi connectivity index (χ0v) is 13.0. The van der Waals surface area contributed by atoms with Gasteiger partial charge in [0.15, 0.2) is 0 Å². The molecule has 2 heterocycles. The van der Waals surface area contributed by atoms with Gasteiger partial charge in [0.1, 0.15) is 0 Å². The number of aromatic nitrogens is 2. The quantitative estimate of drug-likeness (QED) is 0.835. The number of amides is 1. The SMILES string of the molecule is CCCC(C#N)N1CCN(C(=O)c2cn(C)nc2C)CC1. The van der Waals surface area contributed by atoms with Gasteiger partial charge in [0.2, 0.25) is 0 Å². The lowest BCUT2D eigenvalue weighted by Gasteiger charge is -2.36. The highest BCUT2D eigenvalue weighted by atomic mass is 16.2. The molecule has 1 saturated heterocycles. The standard InChI is InChI=1S/C15H23N5O/c1-4-5-13(10-16)19-6-8-20(9-7-19)15(21)14-11-18(3)17-12(14)2/h11,13H,4-9H2,1-3H3. The Labute approximate surface area is 125 Å².